The van der Waals surface area contributed by atoms with E-state index in [9.17, 15) is 14.0 Å². The SMILES string of the molecule is O=C(CC(=O)Nc1ccccc1N1CCOCC1)Nc1ccc(F)c(Cl)c1. The third kappa shape index (κ3) is 5.18. The predicted molar refractivity (Wildman–Crippen MR) is 103 cm³/mol. The number of nitrogens with zero attached hydrogens (tertiary/aromatic N) is 1. The van der Waals surface area contributed by atoms with E-state index in [-0.39, 0.29) is 11.4 Å². The lowest BCUT2D eigenvalue weighted by Gasteiger charge is -2.30. The van der Waals surface area contributed by atoms with Crippen molar-refractivity contribution in [2.45, 2.75) is 6.42 Å². The van der Waals surface area contributed by atoms with Gasteiger partial charge in [0.05, 0.1) is 29.6 Å². The zero-order valence-electron chi connectivity index (χ0n) is 14.5. The summed E-state index contributed by atoms with van der Waals surface area (Å²) < 4.78 is 18.5. The van der Waals surface area contributed by atoms with Gasteiger partial charge in [-0.25, -0.2) is 4.39 Å². The molecule has 0 spiro atoms. The fourth-order valence-electron chi connectivity index (χ4n) is 2.78. The van der Waals surface area contributed by atoms with Gasteiger partial charge < -0.3 is 20.3 Å². The number of hydrogen-bond donors (Lipinski definition) is 2. The lowest BCUT2D eigenvalue weighted by molar-refractivity contribution is -0.123. The highest BCUT2D eigenvalue weighted by atomic mass is 35.5. The number of nitrogens with one attached hydrogen (secondary N) is 2. The van der Waals surface area contributed by atoms with Crippen LogP contribution in [-0.2, 0) is 14.3 Å². The van der Waals surface area contributed by atoms with Crippen LogP contribution in [0.25, 0.3) is 0 Å². The van der Waals surface area contributed by atoms with E-state index in [1.54, 1.807) is 6.07 Å². The molecule has 3 rings (SSSR count). The second kappa shape index (κ2) is 8.83. The maximum atomic E-state index is 13.2. The number of carbonyl (C=O) groups is 2. The predicted octanol–water partition coefficient (Wildman–Crippen LogP) is 3.28. The van der Waals surface area contributed by atoms with Crippen LogP contribution in [0.1, 0.15) is 6.42 Å². The van der Waals surface area contributed by atoms with Crippen LogP contribution in [-0.4, -0.2) is 38.1 Å². The van der Waals surface area contributed by atoms with E-state index >= 15 is 0 Å². The lowest BCUT2D eigenvalue weighted by atomic mass is 10.2. The Labute approximate surface area is 161 Å². The molecule has 6 nitrogen and oxygen atoms in total. The molecule has 0 unspecified atom stereocenters. The van der Waals surface area contributed by atoms with Crippen molar-refractivity contribution in [2.24, 2.45) is 0 Å². The molecule has 8 heteroatoms. The molecule has 1 heterocycles. The molecule has 1 fully saturated rings. The van der Waals surface area contributed by atoms with Crippen molar-refractivity contribution in [2.75, 3.05) is 41.8 Å². The van der Waals surface area contributed by atoms with Gasteiger partial charge in [-0.1, -0.05) is 23.7 Å². The maximum Gasteiger partial charge on any atom is 0.233 e. The largest absolute Gasteiger partial charge is 0.378 e. The first kappa shape index (κ1) is 19.1. The summed E-state index contributed by atoms with van der Waals surface area (Å²) in [7, 11) is 0. The number of hydrogen-bond acceptors (Lipinski definition) is 4. The van der Waals surface area contributed by atoms with E-state index in [0.29, 0.717) is 24.6 Å². The molecule has 142 valence electrons. The Balaban J connectivity index is 1.60. The molecule has 0 bridgehead atoms. The molecule has 2 N–H and O–H groups in total. The number of amides is 2. The molecular formula is C19H19ClFN3O3. The standard InChI is InChI=1S/C19H19ClFN3O3/c20-14-11-13(5-6-15(14)21)22-18(25)12-19(26)23-16-3-1-2-4-17(16)24-7-9-27-10-8-24/h1-6,11H,7-10,12H2,(H,22,25)(H,23,26). The van der Waals surface area contributed by atoms with E-state index in [1.807, 2.05) is 18.2 Å². The normalized spacial score (nSPS) is 13.9. The van der Waals surface area contributed by atoms with E-state index in [2.05, 4.69) is 15.5 Å². The Morgan fingerprint density at radius 3 is 2.52 bits per heavy atom. The Hall–Kier alpha value is -2.64. The van der Waals surface area contributed by atoms with Gasteiger partial charge in [0.2, 0.25) is 11.8 Å². The average molecular weight is 392 g/mol. The number of para-hydroxylation sites is 2. The van der Waals surface area contributed by atoms with Crippen LogP contribution in [0.15, 0.2) is 42.5 Å². The minimum Gasteiger partial charge on any atom is -0.378 e. The van der Waals surface area contributed by atoms with Crippen LogP contribution in [0.5, 0.6) is 0 Å². The number of anilines is 3. The van der Waals surface area contributed by atoms with Gasteiger partial charge in [-0.2, -0.15) is 0 Å². The summed E-state index contributed by atoms with van der Waals surface area (Å²) in [6.07, 6.45) is -0.369. The Morgan fingerprint density at radius 2 is 1.78 bits per heavy atom. The first-order valence-electron chi connectivity index (χ1n) is 8.49. The third-order valence-corrected chi connectivity index (χ3v) is 4.34. The molecule has 2 aromatic rings. The van der Waals surface area contributed by atoms with E-state index in [1.165, 1.54) is 12.1 Å². The van der Waals surface area contributed by atoms with Gasteiger partial charge in [-0.05, 0) is 30.3 Å². The summed E-state index contributed by atoms with van der Waals surface area (Å²) in [5.41, 5.74) is 1.86. The summed E-state index contributed by atoms with van der Waals surface area (Å²) in [4.78, 5) is 26.5. The summed E-state index contributed by atoms with van der Waals surface area (Å²) in [6.45, 7) is 2.73. The smallest absolute Gasteiger partial charge is 0.233 e. The second-order valence-corrected chi connectivity index (χ2v) is 6.43. The number of rotatable bonds is 5. The fourth-order valence-corrected chi connectivity index (χ4v) is 2.96. The van der Waals surface area contributed by atoms with Crippen molar-refractivity contribution >= 4 is 40.5 Å². The van der Waals surface area contributed by atoms with Crippen LogP contribution in [0.2, 0.25) is 5.02 Å². The van der Waals surface area contributed by atoms with Crippen LogP contribution in [0, 0.1) is 5.82 Å². The van der Waals surface area contributed by atoms with Gasteiger partial charge in [0, 0.05) is 18.8 Å². The minimum absolute atomic E-state index is 0.100. The molecule has 2 amide bonds. The molecule has 1 aliphatic heterocycles. The van der Waals surface area contributed by atoms with Crippen molar-refractivity contribution in [3.63, 3.8) is 0 Å². The van der Waals surface area contributed by atoms with Crippen molar-refractivity contribution in [1.82, 2.24) is 0 Å². The van der Waals surface area contributed by atoms with Crippen molar-refractivity contribution in [3.05, 3.63) is 53.3 Å². The van der Waals surface area contributed by atoms with Gasteiger partial charge in [0.15, 0.2) is 0 Å². The third-order valence-electron chi connectivity index (χ3n) is 4.05. The molecule has 0 aromatic heterocycles. The summed E-state index contributed by atoms with van der Waals surface area (Å²) in [5, 5.41) is 5.20. The maximum absolute atomic E-state index is 13.2. The average Bonchev–Trinajstić information content (AvgIpc) is 2.66. The van der Waals surface area contributed by atoms with Crippen molar-refractivity contribution in [3.8, 4) is 0 Å². The number of ether oxygens (including phenoxy) is 1. The fraction of sp³-hybridized carbons (Fsp3) is 0.263. The Bertz CT molecular complexity index is 841. The molecule has 27 heavy (non-hydrogen) atoms. The van der Waals surface area contributed by atoms with Gasteiger partial charge in [-0.3, -0.25) is 9.59 Å². The summed E-state index contributed by atoms with van der Waals surface area (Å²) in [6, 6.07) is 11.2. The Morgan fingerprint density at radius 1 is 1.07 bits per heavy atom. The lowest BCUT2D eigenvalue weighted by Crippen LogP contribution is -2.36. The monoisotopic (exact) mass is 391 g/mol. The first-order chi connectivity index (χ1) is 13.0. The quantitative estimate of drug-likeness (QED) is 0.767. The van der Waals surface area contributed by atoms with E-state index in [0.717, 1.165) is 24.8 Å². The number of morpholine rings is 1. The topological polar surface area (TPSA) is 70.7 Å². The number of carbonyl (C=O) groups excluding carboxylic acids is 2. The molecule has 0 saturated carbocycles. The van der Waals surface area contributed by atoms with E-state index in [4.69, 9.17) is 16.3 Å². The van der Waals surface area contributed by atoms with Gasteiger partial charge in [0.25, 0.3) is 0 Å². The second-order valence-electron chi connectivity index (χ2n) is 6.02. The van der Waals surface area contributed by atoms with Gasteiger partial charge in [0.1, 0.15) is 12.2 Å². The highest BCUT2D eigenvalue weighted by Gasteiger charge is 2.17. The molecule has 1 saturated heterocycles. The van der Waals surface area contributed by atoms with Crippen molar-refractivity contribution in [1.29, 1.82) is 0 Å². The zero-order valence-corrected chi connectivity index (χ0v) is 15.3. The van der Waals surface area contributed by atoms with Crippen LogP contribution in [0.3, 0.4) is 0 Å². The first-order valence-corrected chi connectivity index (χ1v) is 8.87. The summed E-state index contributed by atoms with van der Waals surface area (Å²) in [5.74, 6) is -1.53. The molecule has 0 aliphatic carbocycles. The van der Waals surface area contributed by atoms with Crippen LogP contribution >= 0.6 is 11.6 Å². The Kier molecular flexibility index (Phi) is 6.26. The number of benzene rings is 2. The molecule has 0 radical (unpaired) electrons. The molecular weight excluding hydrogens is 373 g/mol. The molecule has 0 atom stereocenters. The highest BCUT2D eigenvalue weighted by molar-refractivity contribution is 6.31. The summed E-state index contributed by atoms with van der Waals surface area (Å²) >= 11 is 5.68. The van der Waals surface area contributed by atoms with Crippen LogP contribution in [0.4, 0.5) is 21.5 Å². The van der Waals surface area contributed by atoms with Crippen molar-refractivity contribution < 1.29 is 18.7 Å². The molecule has 1 aliphatic rings. The van der Waals surface area contributed by atoms with Gasteiger partial charge in [-0.15, -0.1) is 0 Å². The minimum atomic E-state index is -0.577. The van der Waals surface area contributed by atoms with Gasteiger partial charge >= 0.3 is 0 Å². The molecule has 2 aromatic carbocycles. The van der Waals surface area contributed by atoms with E-state index < -0.39 is 17.6 Å². The number of halogens is 2. The zero-order chi connectivity index (χ0) is 19.2. The van der Waals surface area contributed by atoms with Crippen LogP contribution < -0.4 is 15.5 Å². The highest BCUT2D eigenvalue weighted by Crippen LogP contribution is 2.26.